The van der Waals surface area contributed by atoms with E-state index in [0.29, 0.717) is 41.7 Å². The third-order valence-corrected chi connectivity index (χ3v) is 4.96. The van der Waals surface area contributed by atoms with Gasteiger partial charge in [0.2, 0.25) is 11.8 Å². The molecule has 0 saturated heterocycles. The van der Waals surface area contributed by atoms with Gasteiger partial charge >= 0.3 is 0 Å². The van der Waals surface area contributed by atoms with Crippen molar-refractivity contribution in [1.29, 1.82) is 0 Å². The topological polar surface area (TPSA) is 75.4 Å². The highest BCUT2D eigenvalue weighted by Crippen LogP contribution is 2.21. The van der Waals surface area contributed by atoms with E-state index < -0.39 is 0 Å². The summed E-state index contributed by atoms with van der Waals surface area (Å²) in [6.45, 7) is 2.58. The molecule has 0 radical (unpaired) electrons. The van der Waals surface area contributed by atoms with Crippen LogP contribution in [-0.4, -0.2) is 34.8 Å². The zero-order valence-electron chi connectivity index (χ0n) is 17.1. The van der Waals surface area contributed by atoms with Crippen molar-refractivity contribution in [3.63, 3.8) is 0 Å². The van der Waals surface area contributed by atoms with Crippen molar-refractivity contribution in [2.24, 2.45) is 0 Å². The van der Waals surface area contributed by atoms with Gasteiger partial charge in [0.15, 0.2) is 11.7 Å². The largest absolute Gasteiger partial charge is 0.441 e. The Kier molecular flexibility index (Phi) is 7.78. The summed E-state index contributed by atoms with van der Waals surface area (Å²) in [6, 6.07) is 13.1. The van der Waals surface area contributed by atoms with Gasteiger partial charge in [-0.2, -0.15) is 0 Å². The quantitative estimate of drug-likeness (QED) is 0.537. The molecule has 0 aliphatic heterocycles. The molecule has 0 saturated carbocycles. The first-order valence-electron chi connectivity index (χ1n) is 9.94. The van der Waals surface area contributed by atoms with Gasteiger partial charge in [-0.1, -0.05) is 23.7 Å². The minimum absolute atomic E-state index is 0.0185. The maximum atomic E-state index is 13.0. The zero-order chi connectivity index (χ0) is 22.2. The highest BCUT2D eigenvalue weighted by molar-refractivity contribution is 6.30. The Hall–Kier alpha value is -3.19. The lowest BCUT2D eigenvalue weighted by Gasteiger charge is -2.20. The number of likely N-dealkylation sites (N-methyl/N-ethyl adjacent to an activating group) is 1. The molecule has 31 heavy (non-hydrogen) atoms. The monoisotopic (exact) mass is 443 g/mol. The van der Waals surface area contributed by atoms with Crippen LogP contribution in [0.5, 0.6) is 0 Å². The normalized spacial score (nSPS) is 10.7. The Balaban J connectivity index is 1.47. The van der Waals surface area contributed by atoms with Gasteiger partial charge in [0.25, 0.3) is 0 Å². The van der Waals surface area contributed by atoms with Gasteiger partial charge in [-0.3, -0.25) is 9.59 Å². The maximum absolute atomic E-state index is 13.0. The number of amides is 2. The molecule has 3 rings (SSSR count). The number of hydrogen-bond acceptors (Lipinski definition) is 4. The Morgan fingerprint density at radius 1 is 1.13 bits per heavy atom. The molecule has 2 aromatic carbocycles. The molecule has 0 atom stereocenters. The summed E-state index contributed by atoms with van der Waals surface area (Å²) < 4.78 is 18.7. The van der Waals surface area contributed by atoms with Gasteiger partial charge in [-0.15, -0.1) is 0 Å². The van der Waals surface area contributed by atoms with E-state index in [1.807, 2.05) is 19.1 Å². The Bertz CT molecular complexity index is 1020. The minimum Gasteiger partial charge on any atom is -0.441 e. The van der Waals surface area contributed by atoms with Crippen LogP contribution in [0.2, 0.25) is 5.02 Å². The predicted molar refractivity (Wildman–Crippen MR) is 116 cm³/mol. The summed E-state index contributed by atoms with van der Waals surface area (Å²) in [7, 11) is 0. The van der Waals surface area contributed by atoms with Crippen molar-refractivity contribution >= 4 is 23.4 Å². The number of hydrogen-bond donors (Lipinski definition) is 1. The van der Waals surface area contributed by atoms with E-state index in [2.05, 4.69) is 10.3 Å². The number of rotatable bonds is 9. The van der Waals surface area contributed by atoms with Gasteiger partial charge < -0.3 is 14.6 Å². The summed E-state index contributed by atoms with van der Waals surface area (Å²) >= 11 is 5.85. The van der Waals surface area contributed by atoms with E-state index in [-0.39, 0.29) is 30.6 Å². The third kappa shape index (κ3) is 6.65. The SMILES string of the molecule is CCN(CC(=O)NCc1ccc(Cl)cc1)C(=O)CCc1ncc(-c2ccc(F)cc2)o1. The van der Waals surface area contributed by atoms with Crippen LogP contribution < -0.4 is 5.32 Å². The van der Waals surface area contributed by atoms with Gasteiger partial charge in [0.1, 0.15) is 5.82 Å². The molecule has 1 N–H and O–H groups in total. The molecule has 0 fully saturated rings. The molecule has 2 amide bonds. The third-order valence-electron chi connectivity index (χ3n) is 4.71. The van der Waals surface area contributed by atoms with Crippen LogP contribution in [0.15, 0.2) is 59.1 Å². The van der Waals surface area contributed by atoms with Gasteiger partial charge in [0.05, 0.1) is 12.7 Å². The van der Waals surface area contributed by atoms with Crippen LogP contribution in [0.1, 0.15) is 24.8 Å². The Morgan fingerprint density at radius 2 is 1.84 bits per heavy atom. The minimum atomic E-state index is -0.328. The number of benzene rings is 2. The maximum Gasteiger partial charge on any atom is 0.239 e. The average Bonchev–Trinajstić information content (AvgIpc) is 3.25. The van der Waals surface area contributed by atoms with Crippen LogP contribution in [0.4, 0.5) is 4.39 Å². The van der Waals surface area contributed by atoms with Gasteiger partial charge in [0, 0.05) is 36.5 Å². The van der Waals surface area contributed by atoms with E-state index in [4.69, 9.17) is 16.0 Å². The van der Waals surface area contributed by atoms with Crippen molar-refractivity contribution < 1.29 is 18.4 Å². The van der Waals surface area contributed by atoms with Crippen LogP contribution in [0.3, 0.4) is 0 Å². The van der Waals surface area contributed by atoms with Crippen molar-refractivity contribution in [3.05, 3.63) is 77.0 Å². The highest BCUT2D eigenvalue weighted by Gasteiger charge is 2.17. The molecule has 1 aromatic heterocycles. The molecule has 0 aliphatic rings. The molecule has 3 aromatic rings. The summed E-state index contributed by atoms with van der Waals surface area (Å²) in [5.74, 6) is 0.198. The summed E-state index contributed by atoms with van der Waals surface area (Å²) in [4.78, 5) is 30.4. The smallest absolute Gasteiger partial charge is 0.239 e. The standard InChI is InChI=1S/C23H23ClFN3O3/c1-2-28(15-21(29)26-13-16-3-7-18(24)8-4-16)23(30)12-11-22-27-14-20(31-22)17-5-9-19(25)10-6-17/h3-10,14H,2,11-13,15H2,1H3,(H,26,29). The predicted octanol–water partition coefficient (Wildman–Crippen LogP) is 4.23. The number of halogens is 2. The average molecular weight is 444 g/mol. The van der Waals surface area contributed by atoms with E-state index in [1.54, 1.807) is 30.5 Å². The second-order valence-electron chi connectivity index (χ2n) is 6.94. The Morgan fingerprint density at radius 3 is 2.52 bits per heavy atom. The van der Waals surface area contributed by atoms with Gasteiger partial charge in [-0.05, 0) is 48.9 Å². The summed E-state index contributed by atoms with van der Waals surface area (Å²) in [5, 5.41) is 3.44. The highest BCUT2D eigenvalue weighted by atomic mass is 35.5. The molecule has 0 unspecified atom stereocenters. The molecule has 8 heteroatoms. The van der Waals surface area contributed by atoms with Crippen molar-refractivity contribution in [2.75, 3.05) is 13.1 Å². The summed E-state index contributed by atoms with van der Waals surface area (Å²) in [5.41, 5.74) is 1.63. The lowest BCUT2D eigenvalue weighted by molar-refractivity contribution is -0.135. The first-order chi connectivity index (χ1) is 14.9. The molecule has 0 aliphatic carbocycles. The first kappa shape index (κ1) is 22.5. The number of carbonyl (C=O) groups is 2. The molecular formula is C23H23ClFN3O3. The molecule has 0 bridgehead atoms. The fraction of sp³-hybridized carbons (Fsp3) is 0.261. The number of nitrogens with one attached hydrogen (secondary N) is 1. The van der Waals surface area contributed by atoms with Crippen LogP contribution >= 0.6 is 11.6 Å². The fourth-order valence-electron chi connectivity index (χ4n) is 2.95. The molecule has 0 spiro atoms. The van der Waals surface area contributed by atoms with Crippen LogP contribution in [0.25, 0.3) is 11.3 Å². The van der Waals surface area contributed by atoms with Gasteiger partial charge in [-0.25, -0.2) is 9.37 Å². The second kappa shape index (κ2) is 10.7. The van der Waals surface area contributed by atoms with E-state index in [9.17, 15) is 14.0 Å². The van der Waals surface area contributed by atoms with E-state index >= 15 is 0 Å². The molecule has 6 nitrogen and oxygen atoms in total. The molecule has 1 heterocycles. The first-order valence-corrected chi connectivity index (χ1v) is 10.3. The number of aromatic nitrogens is 1. The van der Waals surface area contributed by atoms with Crippen LogP contribution in [0, 0.1) is 5.82 Å². The van der Waals surface area contributed by atoms with E-state index in [1.165, 1.54) is 17.0 Å². The van der Waals surface area contributed by atoms with Crippen molar-refractivity contribution in [2.45, 2.75) is 26.3 Å². The lowest BCUT2D eigenvalue weighted by atomic mass is 10.2. The second-order valence-corrected chi connectivity index (χ2v) is 7.37. The lowest BCUT2D eigenvalue weighted by Crippen LogP contribution is -2.40. The number of carbonyl (C=O) groups excluding carboxylic acids is 2. The van der Waals surface area contributed by atoms with Crippen molar-refractivity contribution in [3.8, 4) is 11.3 Å². The number of oxazole rings is 1. The number of nitrogens with zero attached hydrogens (tertiary/aromatic N) is 2. The van der Waals surface area contributed by atoms with Crippen LogP contribution in [-0.2, 0) is 22.6 Å². The van der Waals surface area contributed by atoms with E-state index in [0.717, 1.165) is 5.56 Å². The number of aryl methyl sites for hydroxylation is 1. The Labute approximate surface area is 185 Å². The zero-order valence-corrected chi connectivity index (χ0v) is 17.9. The fourth-order valence-corrected chi connectivity index (χ4v) is 3.08. The summed E-state index contributed by atoms with van der Waals surface area (Å²) in [6.07, 6.45) is 2.03. The van der Waals surface area contributed by atoms with Crippen molar-refractivity contribution in [1.82, 2.24) is 15.2 Å². The molecular weight excluding hydrogens is 421 g/mol. The molecule has 162 valence electrons.